The van der Waals surface area contributed by atoms with E-state index in [0.717, 1.165) is 12.8 Å². The Morgan fingerprint density at radius 3 is 2.47 bits per heavy atom. The van der Waals surface area contributed by atoms with Crippen molar-refractivity contribution in [3.63, 3.8) is 0 Å². The molecule has 0 amide bonds. The lowest BCUT2D eigenvalue weighted by Crippen LogP contribution is -2.32. The van der Waals surface area contributed by atoms with E-state index >= 15 is 0 Å². The standard InChI is InChI=1S/C14H21FN2/c1-17(2)13-9-11(5-6-12(13)15)14(10-16)7-3-4-8-14/h5-6,9H,3-4,7-8,10,16H2,1-2H3. The molecule has 0 aromatic heterocycles. The van der Waals surface area contributed by atoms with E-state index < -0.39 is 0 Å². The van der Waals surface area contributed by atoms with E-state index in [4.69, 9.17) is 5.73 Å². The van der Waals surface area contributed by atoms with E-state index in [9.17, 15) is 4.39 Å². The Balaban J connectivity index is 2.41. The number of rotatable bonds is 3. The maximum absolute atomic E-state index is 13.7. The van der Waals surface area contributed by atoms with Crippen LogP contribution in [0.1, 0.15) is 31.2 Å². The maximum Gasteiger partial charge on any atom is 0.146 e. The predicted octanol–water partition coefficient (Wildman–Crippen LogP) is 2.66. The molecule has 1 aromatic rings. The normalized spacial score (nSPS) is 18.4. The number of benzene rings is 1. The molecule has 94 valence electrons. The van der Waals surface area contributed by atoms with Crippen LogP contribution in [0.3, 0.4) is 0 Å². The van der Waals surface area contributed by atoms with Crippen molar-refractivity contribution in [2.45, 2.75) is 31.1 Å². The van der Waals surface area contributed by atoms with Gasteiger partial charge in [0.1, 0.15) is 5.82 Å². The molecule has 2 nitrogen and oxygen atoms in total. The minimum Gasteiger partial charge on any atom is -0.375 e. The largest absolute Gasteiger partial charge is 0.375 e. The van der Waals surface area contributed by atoms with Crippen LogP contribution >= 0.6 is 0 Å². The fraction of sp³-hybridized carbons (Fsp3) is 0.571. The Bertz CT molecular complexity index is 395. The van der Waals surface area contributed by atoms with Crippen molar-refractivity contribution < 1.29 is 4.39 Å². The summed E-state index contributed by atoms with van der Waals surface area (Å²) in [5, 5.41) is 0. The maximum atomic E-state index is 13.7. The van der Waals surface area contributed by atoms with E-state index in [1.807, 2.05) is 31.1 Å². The number of anilines is 1. The molecule has 1 aromatic carbocycles. The van der Waals surface area contributed by atoms with Gasteiger partial charge < -0.3 is 10.6 Å². The van der Waals surface area contributed by atoms with E-state index in [1.165, 1.54) is 18.4 Å². The molecule has 0 unspecified atom stereocenters. The summed E-state index contributed by atoms with van der Waals surface area (Å²) in [5.41, 5.74) is 7.89. The summed E-state index contributed by atoms with van der Waals surface area (Å²) in [4.78, 5) is 1.82. The second kappa shape index (κ2) is 4.65. The second-order valence-electron chi connectivity index (χ2n) is 5.25. The highest BCUT2D eigenvalue weighted by molar-refractivity contribution is 5.50. The van der Waals surface area contributed by atoms with Gasteiger partial charge in [0.2, 0.25) is 0 Å². The van der Waals surface area contributed by atoms with Gasteiger partial charge >= 0.3 is 0 Å². The first kappa shape index (κ1) is 12.4. The fourth-order valence-electron chi connectivity index (χ4n) is 2.85. The summed E-state index contributed by atoms with van der Waals surface area (Å²) < 4.78 is 13.7. The molecule has 3 heteroatoms. The second-order valence-corrected chi connectivity index (χ2v) is 5.25. The summed E-state index contributed by atoms with van der Waals surface area (Å²) in [6, 6.07) is 5.44. The van der Waals surface area contributed by atoms with Gasteiger partial charge in [-0.15, -0.1) is 0 Å². The Labute approximate surface area is 103 Å². The summed E-state index contributed by atoms with van der Waals surface area (Å²) in [6.07, 6.45) is 4.71. The zero-order chi connectivity index (χ0) is 12.5. The van der Waals surface area contributed by atoms with Crippen molar-refractivity contribution in [2.24, 2.45) is 5.73 Å². The van der Waals surface area contributed by atoms with Gasteiger partial charge in [0.05, 0.1) is 5.69 Å². The minimum atomic E-state index is -0.163. The first-order chi connectivity index (χ1) is 8.09. The number of nitrogens with two attached hydrogens (primary N) is 1. The lowest BCUT2D eigenvalue weighted by Gasteiger charge is -2.29. The van der Waals surface area contributed by atoms with Gasteiger partial charge in [-0.25, -0.2) is 4.39 Å². The average molecular weight is 236 g/mol. The number of hydrogen-bond donors (Lipinski definition) is 1. The molecule has 17 heavy (non-hydrogen) atoms. The van der Waals surface area contributed by atoms with Crippen LogP contribution in [0.25, 0.3) is 0 Å². The van der Waals surface area contributed by atoms with Crippen LogP contribution in [0.5, 0.6) is 0 Å². The van der Waals surface area contributed by atoms with E-state index in [-0.39, 0.29) is 11.2 Å². The molecule has 0 atom stereocenters. The van der Waals surface area contributed by atoms with Gasteiger partial charge in [0.25, 0.3) is 0 Å². The molecule has 1 saturated carbocycles. The monoisotopic (exact) mass is 236 g/mol. The lowest BCUT2D eigenvalue weighted by atomic mass is 9.79. The molecule has 1 fully saturated rings. The Hall–Kier alpha value is -1.09. The third-order valence-electron chi connectivity index (χ3n) is 3.99. The molecular formula is C14H21FN2. The predicted molar refractivity (Wildman–Crippen MR) is 69.9 cm³/mol. The van der Waals surface area contributed by atoms with Gasteiger partial charge in [-0.1, -0.05) is 18.9 Å². The zero-order valence-corrected chi connectivity index (χ0v) is 10.7. The van der Waals surface area contributed by atoms with Crippen molar-refractivity contribution >= 4 is 5.69 Å². The molecule has 0 aliphatic heterocycles. The zero-order valence-electron chi connectivity index (χ0n) is 10.7. The lowest BCUT2D eigenvalue weighted by molar-refractivity contribution is 0.452. The first-order valence-corrected chi connectivity index (χ1v) is 6.26. The smallest absolute Gasteiger partial charge is 0.146 e. The highest BCUT2D eigenvalue weighted by Gasteiger charge is 2.34. The molecule has 0 spiro atoms. The average Bonchev–Trinajstić information content (AvgIpc) is 2.79. The van der Waals surface area contributed by atoms with Crippen LogP contribution in [0, 0.1) is 5.82 Å². The van der Waals surface area contributed by atoms with Crippen LogP contribution in [-0.4, -0.2) is 20.6 Å². The van der Waals surface area contributed by atoms with Gasteiger partial charge in [-0.05, 0) is 30.5 Å². The van der Waals surface area contributed by atoms with E-state index in [1.54, 1.807) is 6.07 Å². The topological polar surface area (TPSA) is 29.3 Å². The molecule has 2 rings (SSSR count). The molecule has 1 aliphatic carbocycles. The van der Waals surface area contributed by atoms with Crippen molar-refractivity contribution in [1.82, 2.24) is 0 Å². The van der Waals surface area contributed by atoms with Crippen LogP contribution in [-0.2, 0) is 5.41 Å². The Morgan fingerprint density at radius 2 is 1.94 bits per heavy atom. The van der Waals surface area contributed by atoms with Crippen molar-refractivity contribution in [3.05, 3.63) is 29.6 Å². The Morgan fingerprint density at radius 1 is 1.29 bits per heavy atom. The van der Waals surface area contributed by atoms with Crippen molar-refractivity contribution in [1.29, 1.82) is 0 Å². The fourth-order valence-corrected chi connectivity index (χ4v) is 2.85. The SMILES string of the molecule is CN(C)c1cc(C2(CN)CCCC2)ccc1F. The van der Waals surface area contributed by atoms with Gasteiger partial charge in [0.15, 0.2) is 0 Å². The van der Waals surface area contributed by atoms with Crippen LogP contribution < -0.4 is 10.6 Å². The van der Waals surface area contributed by atoms with Gasteiger partial charge in [-0.2, -0.15) is 0 Å². The molecule has 0 heterocycles. The third kappa shape index (κ3) is 2.16. The van der Waals surface area contributed by atoms with Crippen LogP contribution in [0.2, 0.25) is 0 Å². The molecule has 0 bridgehead atoms. The Kier molecular flexibility index (Phi) is 3.38. The minimum absolute atomic E-state index is 0.0818. The van der Waals surface area contributed by atoms with Crippen LogP contribution in [0.15, 0.2) is 18.2 Å². The molecule has 1 aliphatic rings. The highest BCUT2D eigenvalue weighted by atomic mass is 19.1. The number of nitrogens with zero attached hydrogens (tertiary/aromatic N) is 1. The molecule has 2 N–H and O–H groups in total. The van der Waals surface area contributed by atoms with Crippen LogP contribution in [0.4, 0.5) is 10.1 Å². The summed E-state index contributed by atoms with van der Waals surface area (Å²) in [6.45, 7) is 0.658. The number of hydrogen-bond acceptors (Lipinski definition) is 2. The van der Waals surface area contributed by atoms with E-state index in [0.29, 0.717) is 12.2 Å². The molecular weight excluding hydrogens is 215 g/mol. The van der Waals surface area contributed by atoms with Gasteiger partial charge in [0, 0.05) is 26.1 Å². The quantitative estimate of drug-likeness (QED) is 0.874. The van der Waals surface area contributed by atoms with E-state index in [2.05, 4.69) is 0 Å². The third-order valence-corrected chi connectivity index (χ3v) is 3.99. The first-order valence-electron chi connectivity index (χ1n) is 6.26. The molecule has 0 saturated heterocycles. The van der Waals surface area contributed by atoms with Gasteiger partial charge in [-0.3, -0.25) is 0 Å². The summed E-state index contributed by atoms with van der Waals surface area (Å²) in [7, 11) is 3.73. The molecule has 0 radical (unpaired) electrons. The summed E-state index contributed by atoms with van der Waals surface area (Å²) >= 11 is 0. The van der Waals surface area contributed by atoms with Crippen molar-refractivity contribution in [3.8, 4) is 0 Å². The van der Waals surface area contributed by atoms with Crippen molar-refractivity contribution in [2.75, 3.05) is 25.5 Å². The summed E-state index contributed by atoms with van der Waals surface area (Å²) in [5.74, 6) is -0.163. The number of halogens is 1. The highest BCUT2D eigenvalue weighted by Crippen LogP contribution is 2.41.